The summed E-state index contributed by atoms with van der Waals surface area (Å²) in [6.45, 7) is 2.13. The van der Waals surface area contributed by atoms with Crippen molar-refractivity contribution in [3.8, 4) is 0 Å². The zero-order chi connectivity index (χ0) is 19.9. The maximum Gasteiger partial charge on any atom is 0.267 e. The van der Waals surface area contributed by atoms with Gasteiger partial charge in [-0.3, -0.25) is 4.55 Å². The van der Waals surface area contributed by atoms with Crippen LogP contribution in [0.5, 0.6) is 0 Å². The van der Waals surface area contributed by atoms with E-state index in [0.717, 1.165) is 6.42 Å². The third kappa shape index (κ3) is 31.6. The Labute approximate surface area is 162 Å². The van der Waals surface area contributed by atoms with E-state index in [4.69, 9.17) is 14.8 Å². The first-order valence-corrected chi connectivity index (χ1v) is 12.3. The highest BCUT2D eigenvalue weighted by Crippen LogP contribution is 2.13. The van der Waals surface area contributed by atoms with Crippen LogP contribution in [-0.4, -0.2) is 42.2 Å². The second-order valence-corrected chi connectivity index (χ2v) is 8.61. The summed E-state index contributed by atoms with van der Waals surface area (Å²) in [4.78, 5) is 0. The lowest BCUT2D eigenvalue weighted by Gasteiger charge is -2.03. The van der Waals surface area contributed by atoms with Crippen LogP contribution in [0.2, 0.25) is 0 Å². The smallest absolute Gasteiger partial charge is 0.267 e. The van der Waals surface area contributed by atoms with Crippen LogP contribution in [0, 0.1) is 0 Å². The van der Waals surface area contributed by atoms with Gasteiger partial charge in [0.2, 0.25) is 0 Å². The lowest BCUT2D eigenvalue weighted by Crippen LogP contribution is -2.06. The molecule has 160 valence electrons. The molecule has 3 N–H and O–H groups in total. The van der Waals surface area contributed by atoms with Crippen LogP contribution in [0.3, 0.4) is 0 Å². The topological polar surface area (TPSA) is 94.8 Å². The van der Waals surface area contributed by atoms with Crippen molar-refractivity contribution >= 4 is 10.1 Å². The number of hydrogen-bond acceptors (Lipinski definition) is 4. The Morgan fingerprint density at radius 3 is 1.04 bits per heavy atom. The van der Waals surface area contributed by atoms with Crippen LogP contribution < -0.4 is 0 Å². The first kappa shape index (κ1) is 28.0. The molecule has 0 unspecified atom stereocenters. The van der Waals surface area contributed by atoms with Crippen LogP contribution in [0.25, 0.3) is 0 Å². The normalized spacial score (nSPS) is 11.2. The Bertz CT molecular complexity index is 328. The van der Waals surface area contributed by atoms with Gasteiger partial charge >= 0.3 is 0 Å². The maximum atomic E-state index is 9.63. The van der Waals surface area contributed by atoms with Crippen LogP contribution in [0.15, 0.2) is 0 Å². The van der Waals surface area contributed by atoms with Crippen LogP contribution in [0.1, 0.15) is 110 Å². The summed E-state index contributed by atoms with van der Waals surface area (Å²) in [5.74, 6) is -0.576. The van der Waals surface area contributed by atoms with Crippen molar-refractivity contribution in [1.29, 1.82) is 0 Å². The van der Waals surface area contributed by atoms with Gasteiger partial charge in [-0.25, -0.2) is 0 Å². The predicted molar refractivity (Wildman–Crippen MR) is 110 cm³/mol. The minimum atomic E-state index is -3.92. The molecule has 0 rings (SSSR count). The van der Waals surface area contributed by atoms with Gasteiger partial charge in [0.1, 0.15) is 0 Å². The van der Waals surface area contributed by atoms with E-state index in [2.05, 4.69) is 6.92 Å². The van der Waals surface area contributed by atoms with Crippen LogP contribution in [-0.2, 0) is 10.1 Å². The van der Waals surface area contributed by atoms with Crippen molar-refractivity contribution in [2.24, 2.45) is 0 Å². The summed E-state index contributed by atoms with van der Waals surface area (Å²) in [6.07, 6.45) is 22.2. The standard InChI is InChI=1S/C18H38O.C2H6O4S/c1-2-3-4-5-6-7-8-9-10-11-12-13-14-15-16-17-18-19;3-1-2-7(4,5)6/h19H,2-18H2,1H3;3H,1-2H2,(H,4,5,6). The molecule has 0 heterocycles. The van der Waals surface area contributed by atoms with Gasteiger partial charge in [0.25, 0.3) is 10.1 Å². The SMILES string of the molecule is CCCCCCCCCCCCCCCCCCO.O=S(=O)(O)CCO. The van der Waals surface area contributed by atoms with Crippen molar-refractivity contribution in [2.75, 3.05) is 19.0 Å². The average molecular weight is 397 g/mol. The molecule has 0 saturated heterocycles. The van der Waals surface area contributed by atoms with Gasteiger partial charge in [0, 0.05) is 6.61 Å². The predicted octanol–water partition coefficient (Wildman–Crippen LogP) is 5.11. The first-order chi connectivity index (χ1) is 12.5. The van der Waals surface area contributed by atoms with Gasteiger partial charge < -0.3 is 10.2 Å². The van der Waals surface area contributed by atoms with Gasteiger partial charge in [-0.1, -0.05) is 103 Å². The molecule has 0 fully saturated rings. The largest absolute Gasteiger partial charge is 0.396 e. The fraction of sp³-hybridized carbons (Fsp3) is 1.00. The summed E-state index contributed by atoms with van der Waals surface area (Å²) >= 11 is 0. The Morgan fingerprint density at radius 1 is 0.538 bits per heavy atom. The number of unbranched alkanes of at least 4 members (excludes halogenated alkanes) is 15. The molecule has 0 bridgehead atoms. The second-order valence-electron chi connectivity index (χ2n) is 7.04. The second kappa shape index (κ2) is 22.9. The molecular weight excluding hydrogens is 352 g/mol. The zero-order valence-corrected chi connectivity index (χ0v) is 17.8. The Balaban J connectivity index is 0. The number of rotatable bonds is 18. The first-order valence-electron chi connectivity index (χ1n) is 10.6. The highest BCUT2D eigenvalue weighted by Gasteiger charge is 1.99. The molecule has 0 saturated carbocycles. The van der Waals surface area contributed by atoms with Crippen molar-refractivity contribution in [1.82, 2.24) is 0 Å². The Hall–Kier alpha value is -0.170. The summed E-state index contributed by atoms with van der Waals surface area (Å²) < 4.78 is 27.1. The van der Waals surface area contributed by atoms with E-state index < -0.39 is 22.5 Å². The van der Waals surface area contributed by atoms with Gasteiger partial charge in [-0.15, -0.1) is 0 Å². The Morgan fingerprint density at radius 2 is 0.846 bits per heavy atom. The molecule has 0 aliphatic carbocycles. The highest BCUT2D eigenvalue weighted by molar-refractivity contribution is 7.85. The van der Waals surface area contributed by atoms with Gasteiger partial charge in [0.15, 0.2) is 0 Å². The number of aliphatic hydroxyl groups is 2. The minimum Gasteiger partial charge on any atom is -0.396 e. The highest BCUT2D eigenvalue weighted by atomic mass is 32.2. The molecule has 0 aromatic rings. The molecular formula is C20H44O5S. The molecule has 0 aromatic heterocycles. The molecule has 6 heteroatoms. The van der Waals surface area contributed by atoms with Crippen molar-refractivity contribution in [2.45, 2.75) is 110 Å². The van der Waals surface area contributed by atoms with Crippen molar-refractivity contribution in [3.05, 3.63) is 0 Å². The average Bonchev–Trinajstić information content (AvgIpc) is 2.58. The van der Waals surface area contributed by atoms with Gasteiger partial charge in [-0.05, 0) is 6.42 Å². The van der Waals surface area contributed by atoms with E-state index in [9.17, 15) is 8.42 Å². The molecule has 0 spiro atoms. The molecule has 0 aliphatic rings. The summed E-state index contributed by atoms with van der Waals surface area (Å²) in [6, 6.07) is 0. The van der Waals surface area contributed by atoms with Crippen molar-refractivity contribution < 1.29 is 23.2 Å². The van der Waals surface area contributed by atoms with Gasteiger partial charge in [-0.2, -0.15) is 8.42 Å². The fourth-order valence-electron chi connectivity index (χ4n) is 2.78. The lowest BCUT2D eigenvalue weighted by molar-refractivity contribution is 0.282. The van der Waals surface area contributed by atoms with E-state index in [0.29, 0.717) is 6.61 Å². The van der Waals surface area contributed by atoms with Gasteiger partial charge in [0.05, 0.1) is 12.4 Å². The third-order valence-corrected chi connectivity index (χ3v) is 5.06. The number of aliphatic hydroxyl groups excluding tert-OH is 2. The van der Waals surface area contributed by atoms with Crippen LogP contribution in [0.4, 0.5) is 0 Å². The minimum absolute atomic E-state index is 0.373. The summed E-state index contributed by atoms with van der Waals surface area (Å²) in [7, 11) is -3.92. The van der Waals surface area contributed by atoms with E-state index in [1.165, 1.54) is 96.3 Å². The molecule has 0 aliphatic heterocycles. The Kier molecular flexibility index (Phi) is 24.7. The lowest BCUT2D eigenvalue weighted by atomic mass is 10.0. The fourth-order valence-corrected chi connectivity index (χ4v) is 3.01. The van der Waals surface area contributed by atoms with Crippen molar-refractivity contribution in [3.63, 3.8) is 0 Å². The summed E-state index contributed by atoms with van der Waals surface area (Å²) in [5.41, 5.74) is 0. The molecule has 0 atom stereocenters. The molecule has 0 amide bonds. The molecule has 26 heavy (non-hydrogen) atoms. The summed E-state index contributed by atoms with van der Waals surface area (Å²) in [5, 5.41) is 16.5. The maximum absolute atomic E-state index is 9.63. The van der Waals surface area contributed by atoms with E-state index in [1.54, 1.807) is 0 Å². The third-order valence-electron chi connectivity index (χ3n) is 4.36. The molecule has 5 nitrogen and oxygen atoms in total. The zero-order valence-electron chi connectivity index (χ0n) is 17.0. The monoisotopic (exact) mass is 396 g/mol. The quantitative estimate of drug-likeness (QED) is 0.221. The molecule has 0 radical (unpaired) electrons. The number of hydrogen-bond donors (Lipinski definition) is 3. The van der Waals surface area contributed by atoms with E-state index >= 15 is 0 Å². The van der Waals surface area contributed by atoms with E-state index in [1.807, 2.05) is 0 Å². The molecule has 0 aromatic carbocycles. The van der Waals surface area contributed by atoms with Crippen LogP contribution >= 0.6 is 0 Å². The van der Waals surface area contributed by atoms with E-state index in [-0.39, 0.29) is 0 Å².